The summed E-state index contributed by atoms with van der Waals surface area (Å²) >= 11 is 2.00. The van der Waals surface area contributed by atoms with Crippen molar-refractivity contribution in [1.29, 1.82) is 0 Å². The average molecular weight is 204 g/mol. The van der Waals surface area contributed by atoms with Crippen molar-refractivity contribution >= 4 is 11.8 Å². The van der Waals surface area contributed by atoms with Crippen molar-refractivity contribution < 1.29 is 0 Å². The topological polar surface area (TPSA) is 38.0 Å². The average Bonchev–Trinajstić information content (AvgIpc) is 2.16. The molecule has 3 heteroatoms. The van der Waals surface area contributed by atoms with E-state index in [-0.39, 0.29) is 0 Å². The van der Waals surface area contributed by atoms with E-state index in [0.29, 0.717) is 6.04 Å². The van der Waals surface area contributed by atoms with Gasteiger partial charge >= 0.3 is 0 Å². The molecule has 3 N–H and O–H groups in total. The smallest absolute Gasteiger partial charge is 0.0303 e. The summed E-state index contributed by atoms with van der Waals surface area (Å²) < 4.78 is 0. The van der Waals surface area contributed by atoms with Gasteiger partial charge in [-0.2, -0.15) is 11.8 Å². The highest BCUT2D eigenvalue weighted by Gasteiger charge is 2.09. The fourth-order valence-electron chi connectivity index (χ4n) is 1.21. The van der Waals surface area contributed by atoms with Gasteiger partial charge in [0.2, 0.25) is 0 Å². The van der Waals surface area contributed by atoms with Crippen molar-refractivity contribution in [3.63, 3.8) is 0 Å². The number of hydrazine groups is 1. The van der Waals surface area contributed by atoms with Gasteiger partial charge in [0.1, 0.15) is 0 Å². The Kier molecular flexibility index (Phi) is 9.03. The van der Waals surface area contributed by atoms with E-state index in [0.717, 1.165) is 11.7 Å². The molecular weight excluding hydrogens is 180 g/mol. The van der Waals surface area contributed by atoms with Gasteiger partial charge in [0.05, 0.1) is 0 Å². The highest BCUT2D eigenvalue weighted by atomic mass is 32.2. The maximum Gasteiger partial charge on any atom is 0.0303 e. The predicted molar refractivity (Wildman–Crippen MR) is 62.8 cm³/mol. The van der Waals surface area contributed by atoms with Crippen LogP contribution in [0.25, 0.3) is 0 Å². The van der Waals surface area contributed by atoms with Gasteiger partial charge in [0.25, 0.3) is 0 Å². The monoisotopic (exact) mass is 204 g/mol. The third-order valence-corrected chi connectivity index (χ3v) is 3.62. The first-order chi connectivity index (χ1) is 6.24. The molecule has 0 bridgehead atoms. The number of thioether (sulfide) groups is 1. The second kappa shape index (κ2) is 8.85. The van der Waals surface area contributed by atoms with Crippen molar-refractivity contribution in [2.45, 2.75) is 46.1 Å². The van der Waals surface area contributed by atoms with Crippen LogP contribution in [-0.2, 0) is 0 Å². The Morgan fingerprint density at radius 2 is 2.08 bits per heavy atom. The van der Waals surface area contributed by atoms with Gasteiger partial charge in [-0.05, 0) is 24.5 Å². The molecule has 0 saturated carbocycles. The van der Waals surface area contributed by atoms with Crippen LogP contribution in [0.1, 0.15) is 40.0 Å². The van der Waals surface area contributed by atoms with E-state index in [1.807, 2.05) is 11.8 Å². The molecule has 0 amide bonds. The van der Waals surface area contributed by atoms with Crippen molar-refractivity contribution in [2.24, 2.45) is 11.8 Å². The lowest BCUT2D eigenvalue weighted by molar-refractivity contribution is 0.423. The molecule has 2 nitrogen and oxygen atoms in total. The predicted octanol–water partition coefficient (Wildman–Crippen LogP) is 2.40. The molecule has 0 aromatic rings. The number of hydrogen-bond acceptors (Lipinski definition) is 3. The van der Waals surface area contributed by atoms with Gasteiger partial charge in [-0.1, -0.05) is 27.2 Å². The highest BCUT2D eigenvalue weighted by Crippen LogP contribution is 2.13. The molecule has 0 fully saturated rings. The summed E-state index contributed by atoms with van der Waals surface area (Å²) in [6, 6.07) is 0.492. The minimum Gasteiger partial charge on any atom is -0.271 e. The van der Waals surface area contributed by atoms with Crippen LogP contribution in [0.15, 0.2) is 0 Å². The SMILES string of the molecule is CCCSCC(CC(C)CC)NN. The fourth-order valence-corrected chi connectivity index (χ4v) is 2.18. The van der Waals surface area contributed by atoms with Crippen LogP contribution in [0.3, 0.4) is 0 Å². The second-order valence-corrected chi connectivity index (χ2v) is 4.84. The lowest BCUT2D eigenvalue weighted by Gasteiger charge is -2.18. The normalized spacial score (nSPS) is 15.7. The molecule has 0 spiro atoms. The van der Waals surface area contributed by atoms with Gasteiger partial charge in [0.15, 0.2) is 0 Å². The van der Waals surface area contributed by atoms with E-state index in [2.05, 4.69) is 26.2 Å². The minimum atomic E-state index is 0.492. The quantitative estimate of drug-likeness (QED) is 0.362. The fraction of sp³-hybridized carbons (Fsp3) is 1.00. The Hall–Kier alpha value is 0.270. The van der Waals surface area contributed by atoms with Crippen molar-refractivity contribution in [3.05, 3.63) is 0 Å². The van der Waals surface area contributed by atoms with Crippen LogP contribution < -0.4 is 11.3 Å². The van der Waals surface area contributed by atoms with E-state index in [1.54, 1.807) is 0 Å². The van der Waals surface area contributed by atoms with E-state index in [1.165, 1.54) is 25.0 Å². The van der Waals surface area contributed by atoms with Crippen LogP contribution in [0.5, 0.6) is 0 Å². The summed E-state index contributed by atoms with van der Waals surface area (Å²) in [5, 5.41) is 0. The number of hydrogen-bond donors (Lipinski definition) is 2. The van der Waals surface area contributed by atoms with Crippen LogP contribution in [0, 0.1) is 5.92 Å². The van der Waals surface area contributed by atoms with Gasteiger partial charge in [-0.25, -0.2) is 0 Å². The Labute approximate surface area is 87.0 Å². The van der Waals surface area contributed by atoms with Crippen molar-refractivity contribution in [1.82, 2.24) is 5.43 Å². The summed E-state index contributed by atoms with van der Waals surface area (Å²) in [6.45, 7) is 6.73. The van der Waals surface area contributed by atoms with Crippen LogP contribution in [0.2, 0.25) is 0 Å². The molecule has 13 heavy (non-hydrogen) atoms. The molecule has 0 saturated heterocycles. The van der Waals surface area contributed by atoms with E-state index in [9.17, 15) is 0 Å². The molecule has 0 aromatic carbocycles. The minimum absolute atomic E-state index is 0.492. The van der Waals surface area contributed by atoms with Gasteiger partial charge < -0.3 is 0 Å². The third kappa shape index (κ3) is 7.35. The van der Waals surface area contributed by atoms with Gasteiger partial charge in [-0.15, -0.1) is 0 Å². The zero-order valence-corrected chi connectivity index (χ0v) is 9.99. The third-order valence-electron chi connectivity index (χ3n) is 2.29. The molecule has 2 unspecified atom stereocenters. The maximum atomic E-state index is 5.49. The molecule has 0 radical (unpaired) electrons. The summed E-state index contributed by atoms with van der Waals surface area (Å²) in [5.41, 5.74) is 2.91. The van der Waals surface area contributed by atoms with E-state index < -0.39 is 0 Å². The lowest BCUT2D eigenvalue weighted by atomic mass is 10.0. The van der Waals surface area contributed by atoms with E-state index in [4.69, 9.17) is 5.84 Å². The standard InChI is InChI=1S/C10H24N2S/c1-4-6-13-8-10(12-11)7-9(3)5-2/h9-10,12H,4-8,11H2,1-3H3. The molecule has 2 atom stereocenters. The van der Waals surface area contributed by atoms with Crippen LogP contribution in [0.4, 0.5) is 0 Å². The Bertz CT molecular complexity index is 109. The van der Waals surface area contributed by atoms with Crippen LogP contribution in [-0.4, -0.2) is 17.5 Å². The first-order valence-electron chi connectivity index (χ1n) is 5.28. The van der Waals surface area contributed by atoms with Gasteiger partial charge in [-0.3, -0.25) is 11.3 Å². The molecule has 0 rings (SSSR count). The second-order valence-electron chi connectivity index (χ2n) is 3.69. The summed E-state index contributed by atoms with van der Waals surface area (Å²) in [6.07, 6.45) is 3.70. The molecule has 0 aliphatic rings. The first kappa shape index (κ1) is 13.3. The van der Waals surface area contributed by atoms with Gasteiger partial charge in [0, 0.05) is 11.8 Å². The number of nitrogens with two attached hydrogens (primary N) is 1. The molecule has 80 valence electrons. The lowest BCUT2D eigenvalue weighted by Crippen LogP contribution is -2.38. The number of rotatable bonds is 8. The maximum absolute atomic E-state index is 5.49. The van der Waals surface area contributed by atoms with E-state index >= 15 is 0 Å². The molecule has 0 aliphatic heterocycles. The molecule has 0 heterocycles. The zero-order valence-electron chi connectivity index (χ0n) is 9.18. The Balaban J connectivity index is 3.50. The molecular formula is C10H24N2S. The van der Waals surface area contributed by atoms with Crippen molar-refractivity contribution in [2.75, 3.05) is 11.5 Å². The Morgan fingerprint density at radius 3 is 2.54 bits per heavy atom. The Morgan fingerprint density at radius 1 is 1.38 bits per heavy atom. The zero-order chi connectivity index (χ0) is 10.1. The molecule has 0 aromatic heterocycles. The summed E-state index contributed by atoms with van der Waals surface area (Å²) in [7, 11) is 0. The largest absolute Gasteiger partial charge is 0.271 e. The van der Waals surface area contributed by atoms with Crippen molar-refractivity contribution in [3.8, 4) is 0 Å². The highest BCUT2D eigenvalue weighted by molar-refractivity contribution is 7.99. The summed E-state index contributed by atoms with van der Waals surface area (Å²) in [4.78, 5) is 0. The number of nitrogens with one attached hydrogen (secondary N) is 1. The first-order valence-corrected chi connectivity index (χ1v) is 6.43. The van der Waals surface area contributed by atoms with Crippen LogP contribution >= 0.6 is 11.8 Å². The molecule has 0 aliphatic carbocycles. The summed E-state index contributed by atoms with van der Waals surface area (Å²) in [5.74, 6) is 8.67.